The number of aliphatic hydroxyl groups excluding tert-OH is 1. The summed E-state index contributed by atoms with van der Waals surface area (Å²) in [7, 11) is 0. The fourth-order valence-electron chi connectivity index (χ4n) is 4.60. The van der Waals surface area contributed by atoms with Gasteiger partial charge >= 0.3 is 6.36 Å². The van der Waals surface area contributed by atoms with Gasteiger partial charge in [0.25, 0.3) is 5.91 Å². The molecule has 1 fully saturated rings. The van der Waals surface area contributed by atoms with Gasteiger partial charge in [0, 0.05) is 12.3 Å². The smallest absolute Gasteiger partial charge is 0.391 e. The molecule has 2 amide bonds. The summed E-state index contributed by atoms with van der Waals surface area (Å²) in [5.41, 5.74) is -1.73. The van der Waals surface area contributed by atoms with Gasteiger partial charge in [-0.1, -0.05) is 30.3 Å². The molecule has 1 unspecified atom stereocenters. The lowest BCUT2D eigenvalue weighted by Crippen LogP contribution is -2.36. The maximum atomic E-state index is 15.0. The molecular formula is C28H21F5N4O5. The maximum Gasteiger partial charge on any atom is 0.522 e. The molecule has 42 heavy (non-hydrogen) atoms. The Morgan fingerprint density at radius 3 is 2.48 bits per heavy atom. The molecule has 9 nitrogen and oxygen atoms in total. The van der Waals surface area contributed by atoms with Crippen molar-refractivity contribution < 1.29 is 41.4 Å². The summed E-state index contributed by atoms with van der Waals surface area (Å²) in [6.45, 7) is -1.08. The molecule has 3 heterocycles. The first-order valence-electron chi connectivity index (χ1n) is 12.5. The van der Waals surface area contributed by atoms with Crippen LogP contribution < -0.4 is 15.6 Å². The van der Waals surface area contributed by atoms with E-state index in [0.717, 1.165) is 22.9 Å². The number of hydrogen-bond acceptors (Lipinski definition) is 6. The second kappa shape index (κ2) is 11.3. The molecule has 2 aromatic carbocycles. The molecule has 218 valence electrons. The molecule has 5 rings (SSSR count). The van der Waals surface area contributed by atoms with E-state index < -0.39 is 59.6 Å². The number of aliphatic hydroxyl groups is 1. The van der Waals surface area contributed by atoms with Crippen LogP contribution in [0.3, 0.4) is 0 Å². The molecule has 0 saturated carbocycles. The molecule has 2 atom stereocenters. The van der Waals surface area contributed by atoms with Crippen LogP contribution in [0.25, 0.3) is 16.7 Å². The number of amides is 2. The third kappa shape index (κ3) is 5.99. The number of nitrogens with zero attached hydrogens (tertiary/aromatic N) is 3. The first-order valence-corrected chi connectivity index (χ1v) is 12.5. The van der Waals surface area contributed by atoms with Crippen molar-refractivity contribution in [2.24, 2.45) is 0 Å². The van der Waals surface area contributed by atoms with Crippen LogP contribution in [-0.2, 0) is 9.53 Å². The van der Waals surface area contributed by atoms with E-state index in [1.165, 1.54) is 41.3 Å². The highest BCUT2D eigenvalue weighted by Crippen LogP contribution is 2.26. The number of β-amino-alcohol motifs (C(OH)–C–C–N with tert-alkyl or cyclic N) is 1. The SMILES string of the molecule is O=C(NC(COC(F)(F)F)c1ccccc1)c1cn(-c2ccc(F)cc2F)c2nc(N3C[C@@H](O)CC3=O)ccc2c1=O. The lowest BCUT2D eigenvalue weighted by atomic mass is 10.1. The number of halogens is 5. The Morgan fingerprint density at radius 2 is 1.83 bits per heavy atom. The van der Waals surface area contributed by atoms with Crippen LogP contribution >= 0.6 is 0 Å². The van der Waals surface area contributed by atoms with Gasteiger partial charge in [0.05, 0.1) is 42.8 Å². The molecule has 0 radical (unpaired) electrons. The zero-order chi connectivity index (χ0) is 30.2. The Kier molecular flexibility index (Phi) is 7.75. The van der Waals surface area contributed by atoms with Gasteiger partial charge in [-0.2, -0.15) is 0 Å². The minimum atomic E-state index is -5.00. The molecule has 0 bridgehead atoms. The van der Waals surface area contributed by atoms with Crippen LogP contribution in [0.1, 0.15) is 28.4 Å². The largest absolute Gasteiger partial charge is 0.522 e. The topological polar surface area (TPSA) is 114 Å². The summed E-state index contributed by atoms with van der Waals surface area (Å²) in [6.07, 6.45) is -5.17. The minimum absolute atomic E-state index is 0.0327. The second-order valence-electron chi connectivity index (χ2n) is 9.43. The van der Waals surface area contributed by atoms with Gasteiger partial charge in [-0.15, -0.1) is 13.2 Å². The van der Waals surface area contributed by atoms with Crippen molar-refractivity contribution >= 4 is 28.7 Å². The van der Waals surface area contributed by atoms with Crippen molar-refractivity contribution in [3.05, 3.63) is 99.8 Å². The summed E-state index contributed by atoms with van der Waals surface area (Å²) >= 11 is 0. The summed E-state index contributed by atoms with van der Waals surface area (Å²) in [6, 6.07) is 11.4. The molecule has 1 saturated heterocycles. The number of nitrogens with one attached hydrogen (secondary N) is 1. The van der Waals surface area contributed by atoms with E-state index in [1.54, 1.807) is 6.07 Å². The van der Waals surface area contributed by atoms with Crippen molar-refractivity contribution in [3.63, 3.8) is 0 Å². The Bertz CT molecular complexity index is 1730. The van der Waals surface area contributed by atoms with E-state index in [2.05, 4.69) is 15.0 Å². The quantitative estimate of drug-likeness (QED) is 0.318. The molecule has 14 heteroatoms. The van der Waals surface area contributed by atoms with E-state index in [0.29, 0.717) is 6.07 Å². The van der Waals surface area contributed by atoms with E-state index >= 15 is 0 Å². The van der Waals surface area contributed by atoms with Crippen LogP contribution in [0.2, 0.25) is 0 Å². The van der Waals surface area contributed by atoms with Crippen LogP contribution in [0, 0.1) is 11.6 Å². The highest BCUT2D eigenvalue weighted by atomic mass is 19.4. The molecule has 4 aromatic rings. The summed E-state index contributed by atoms with van der Waals surface area (Å²) in [5, 5.41) is 12.0. The lowest BCUT2D eigenvalue weighted by Gasteiger charge is -2.21. The number of ether oxygens (including phenoxy) is 1. The summed E-state index contributed by atoms with van der Waals surface area (Å²) in [4.78, 5) is 44.7. The Labute approximate surface area is 233 Å². The van der Waals surface area contributed by atoms with E-state index in [4.69, 9.17) is 0 Å². The van der Waals surface area contributed by atoms with Gasteiger partial charge in [-0.3, -0.25) is 28.6 Å². The Hall–Kier alpha value is -4.69. The standard InChI is InChI=1S/C28H21F5N4O5/c29-16-6-8-22(20(30)10-16)36-13-19(27(41)34-21(14-42-28(31,32)33)15-4-2-1-3-5-15)25(40)18-7-9-23(35-26(18)36)37-12-17(38)11-24(37)39/h1-10,13,17,21,38H,11-12,14H2,(H,34,41)/t17-,21?/m0/s1. The van der Waals surface area contributed by atoms with Gasteiger partial charge in [-0.25, -0.2) is 13.8 Å². The first-order chi connectivity index (χ1) is 19.9. The number of benzene rings is 2. The van der Waals surface area contributed by atoms with E-state index in [-0.39, 0.29) is 41.1 Å². The number of rotatable bonds is 7. The van der Waals surface area contributed by atoms with Crippen molar-refractivity contribution in [2.75, 3.05) is 18.1 Å². The average Bonchev–Trinajstić information content (AvgIpc) is 3.29. The highest BCUT2D eigenvalue weighted by Gasteiger charge is 2.33. The number of aromatic nitrogens is 2. The Balaban J connectivity index is 1.62. The predicted octanol–water partition coefficient (Wildman–Crippen LogP) is 3.77. The predicted molar refractivity (Wildman–Crippen MR) is 139 cm³/mol. The van der Waals surface area contributed by atoms with Crippen LogP contribution in [0.4, 0.5) is 27.8 Å². The van der Waals surface area contributed by atoms with Gasteiger partial charge in [0.1, 0.15) is 23.0 Å². The number of fused-ring (bicyclic) bond motifs is 1. The fraction of sp³-hybridized carbons (Fsp3) is 0.214. The normalized spacial score (nSPS) is 16.2. The number of alkyl halides is 3. The number of hydrogen-bond donors (Lipinski definition) is 2. The van der Waals surface area contributed by atoms with Crippen LogP contribution in [0.5, 0.6) is 0 Å². The van der Waals surface area contributed by atoms with Crippen molar-refractivity contribution in [1.29, 1.82) is 0 Å². The van der Waals surface area contributed by atoms with Crippen LogP contribution in [-0.4, -0.2) is 52.1 Å². The average molecular weight is 588 g/mol. The van der Waals surface area contributed by atoms with E-state index in [1.807, 2.05) is 0 Å². The third-order valence-corrected chi connectivity index (χ3v) is 6.55. The summed E-state index contributed by atoms with van der Waals surface area (Å²) < 4.78 is 72.1. The molecule has 0 spiro atoms. The molecule has 2 N–H and O–H groups in total. The monoisotopic (exact) mass is 588 g/mol. The first kappa shape index (κ1) is 28.8. The Morgan fingerprint density at radius 1 is 1.10 bits per heavy atom. The number of anilines is 1. The minimum Gasteiger partial charge on any atom is -0.391 e. The van der Waals surface area contributed by atoms with Gasteiger partial charge in [0.15, 0.2) is 5.65 Å². The third-order valence-electron chi connectivity index (χ3n) is 6.55. The number of carbonyl (C=O) groups excluding carboxylic acids is 2. The van der Waals surface area contributed by atoms with Crippen molar-refractivity contribution in [2.45, 2.75) is 24.9 Å². The molecule has 2 aromatic heterocycles. The van der Waals surface area contributed by atoms with Gasteiger partial charge in [-0.05, 0) is 29.8 Å². The van der Waals surface area contributed by atoms with Crippen molar-refractivity contribution in [3.8, 4) is 5.69 Å². The number of pyridine rings is 2. The van der Waals surface area contributed by atoms with Crippen LogP contribution in [0.15, 0.2) is 71.7 Å². The molecule has 1 aliphatic heterocycles. The molecular weight excluding hydrogens is 567 g/mol. The zero-order valence-corrected chi connectivity index (χ0v) is 21.4. The zero-order valence-electron chi connectivity index (χ0n) is 21.4. The van der Waals surface area contributed by atoms with Gasteiger partial charge in [0.2, 0.25) is 11.3 Å². The highest BCUT2D eigenvalue weighted by molar-refractivity contribution is 5.99. The fourth-order valence-corrected chi connectivity index (χ4v) is 4.60. The lowest BCUT2D eigenvalue weighted by molar-refractivity contribution is -0.326. The summed E-state index contributed by atoms with van der Waals surface area (Å²) in [5.74, 6) is -3.49. The molecule has 0 aliphatic carbocycles. The second-order valence-corrected chi connectivity index (χ2v) is 9.43. The van der Waals surface area contributed by atoms with E-state index in [9.17, 15) is 41.4 Å². The van der Waals surface area contributed by atoms with Crippen molar-refractivity contribution in [1.82, 2.24) is 14.9 Å². The molecule has 1 aliphatic rings. The maximum absolute atomic E-state index is 15.0. The van der Waals surface area contributed by atoms with Gasteiger partial charge < -0.3 is 10.4 Å². The number of carbonyl (C=O) groups is 2.